The highest BCUT2D eigenvalue weighted by molar-refractivity contribution is 5.32. The number of rotatable bonds is 5. The van der Waals surface area contributed by atoms with Crippen LogP contribution in [0, 0.1) is 5.92 Å². The lowest BCUT2D eigenvalue weighted by molar-refractivity contribution is 0.187. The summed E-state index contributed by atoms with van der Waals surface area (Å²) < 4.78 is 11.5. The molecule has 0 aliphatic carbocycles. The molecule has 2 heterocycles. The van der Waals surface area contributed by atoms with Gasteiger partial charge in [-0.2, -0.15) is 0 Å². The second kappa shape index (κ2) is 6.59. The van der Waals surface area contributed by atoms with E-state index in [1.807, 2.05) is 26.0 Å². The highest BCUT2D eigenvalue weighted by Gasteiger charge is 2.15. The smallest absolute Gasteiger partial charge is 0.257 e. The number of nitrogens with zero attached hydrogens (tertiary/aromatic N) is 1. The standard InChI is InChI=1S/C14H22N2O2/c1-11(2)18-14-13(6-4-8-16-14)17-10-12-5-3-7-15-9-12/h4,6,8,11-12,15H,3,5,7,9-10H2,1-2H3. The molecule has 1 aliphatic heterocycles. The van der Waals surface area contributed by atoms with Gasteiger partial charge in [0.25, 0.3) is 5.88 Å². The van der Waals surface area contributed by atoms with Crippen molar-refractivity contribution in [2.45, 2.75) is 32.8 Å². The van der Waals surface area contributed by atoms with E-state index < -0.39 is 0 Å². The first-order valence-electron chi connectivity index (χ1n) is 6.71. The minimum absolute atomic E-state index is 0.110. The summed E-state index contributed by atoms with van der Waals surface area (Å²) in [6.07, 6.45) is 4.30. The third kappa shape index (κ3) is 3.88. The minimum Gasteiger partial charge on any atom is -0.488 e. The van der Waals surface area contributed by atoms with E-state index in [0.717, 1.165) is 25.4 Å². The molecule has 0 spiro atoms. The van der Waals surface area contributed by atoms with E-state index in [2.05, 4.69) is 10.3 Å². The number of hydrogen-bond acceptors (Lipinski definition) is 4. The van der Waals surface area contributed by atoms with Crippen LogP contribution in [0.1, 0.15) is 26.7 Å². The molecule has 1 aromatic heterocycles. The Balaban J connectivity index is 1.91. The normalized spacial score (nSPS) is 19.8. The van der Waals surface area contributed by atoms with Crippen LogP contribution in [-0.2, 0) is 0 Å². The summed E-state index contributed by atoms with van der Waals surface area (Å²) in [6, 6.07) is 3.79. The Labute approximate surface area is 109 Å². The molecule has 1 fully saturated rings. The summed E-state index contributed by atoms with van der Waals surface area (Å²) in [7, 11) is 0. The molecule has 1 aromatic rings. The third-order valence-corrected chi connectivity index (χ3v) is 2.96. The largest absolute Gasteiger partial charge is 0.488 e. The van der Waals surface area contributed by atoms with Crippen LogP contribution < -0.4 is 14.8 Å². The summed E-state index contributed by atoms with van der Waals surface area (Å²) in [5.74, 6) is 1.93. The van der Waals surface area contributed by atoms with Gasteiger partial charge < -0.3 is 14.8 Å². The Morgan fingerprint density at radius 3 is 3.11 bits per heavy atom. The zero-order valence-corrected chi connectivity index (χ0v) is 11.2. The zero-order chi connectivity index (χ0) is 12.8. The fraction of sp³-hybridized carbons (Fsp3) is 0.643. The van der Waals surface area contributed by atoms with Gasteiger partial charge in [-0.1, -0.05) is 0 Å². The predicted octanol–water partition coefficient (Wildman–Crippen LogP) is 2.25. The molecule has 2 rings (SSSR count). The SMILES string of the molecule is CC(C)Oc1ncccc1OCC1CCCNC1. The van der Waals surface area contributed by atoms with Crippen molar-refractivity contribution >= 4 is 0 Å². The molecule has 0 saturated carbocycles. The van der Waals surface area contributed by atoms with Crippen molar-refractivity contribution in [2.75, 3.05) is 19.7 Å². The molecule has 100 valence electrons. The van der Waals surface area contributed by atoms with Crippen LogP contribution >= 0.6 is 0 Å². The van der Waals surface area contributed by atoms with Crippen molar-refractivity contribution in [3.63, 3.8) is 0 Å². The second-order valence-corrected chi connectivity index (χ2v) is 5.00. The van der Waals surface area contributed by atoms with Crippen molar-refractivity contribution in [1.29, 1.82) is 0 Å². The van der Waals surface area contributed by atoms with Crippen LogP contribution in [0.3, 0.4) is 0 Å². The van der Waals surface area contributed by atoms with E-state index in [4.69, 9.17) is 9.47 Å². The van der Waals surface area contributed by atoms with E-state index in [-0.39, 0.29) is 6.10 Å². The Hall–Kier alpha value is -1.29. The fourth-order valence-corrected chi connectivity index (χ4v) is 2.07. The minimum atomic E-state index is 0.110. The molecule has 1 unspecified atom stereocenters. The Bertz CT molecular complexity index is 363. The molecule has 1 atom stereocenters. The van der Waals surface area contributed by atoms with E-state index in [1.54, 1.807) is 6.20 Å². The molecule has 1 saturated heterocycles. The maximum absolute atomic E-state index is 5.85. The van der Waals surface area contributed by atoms with Gasteiger partial charge in [-0.25, -0.2) is 4.98 Å². The lowest BCUT2D eigenvalue weighted by Crippen LogP contribution is -2.33. The van der Waals surface area contributed by atoms with Gasteiger partial charge in [0.05, 0.1) is 12.7 Å². The molecular formula is C14H22N2O2. The highest BCUT2D eigenvalue weighted by Crippen LogP contribution is 2.25. The highest BCUT2D eigenvalue weighted by atomic mass is 16.5. The molecular weight excluding hydrogens is 228 g/mol. The molecule has 0 amide bonds. The maximum atomic E-state index is 5.85. The number of piperidine rings is 1. The molecule has 0 radical (unpaired) electrons. The molecule has 4 nitrogen and oxygen atoms in total. The van der Waals surface area contributed by atoms with Crippen LogP contribution in [0.5, 0.6) is 11.6 Å². The van der Waals surface area contributed by atoms with Crippen LogP contribution in [0.25, 0.3) is 0 Å². The van der Waals surface area contributed by atoms with E-state index in [9.17, 15) is 0 Å². The molecule has 1 aliphatic rings. The number of ether oxygens (including phenoxy) is 2. The summed E-state index contributed by atoms with van der Waals surface area (Å²) in [5.41, 5.74) is 0. The first kappa shape index (κ1) is 13.1. The monoisotopic (exact) mass is 250 g/mol. The molecule has 0 aromatic carbocycles. The average molecular weight is 250 g/mol. The number of hydrogen-bond donors (Lipinski definition) is 1. The number of aromatic nitrogens is 1. The van der Waals surface area contributed by atoms with Crippen LogP contribution in [0.2, 0.25) is 0 Å². The predicted molar refractivity (Wildman–Crippen MR) is 71.1 cm³/mol. The first-order valence-corrected chi connectivity index (χ1v) is 6.71. The molecule has 0 bridgehead atoms. The summed E-state index contributed by atoms with van der Waals surface area (Å²) in [5, 5.41) is 3.39. The number of pyridine rings is 1. The van der Waals surface area contributed by atoms with Gasteiger partial charge in [0.15, 0.2) is 5.75 Å². The number of nitrogens with one attached hydrogen (secondary N) is 1. The van der Waals surface area contributed by atoms with Crippen molar-refractivity contribution in [3.05, 3.63) is 18.3 Å². The zero-order valence-electron chi connectivity index (χ0n) is 11.2. The molecule has 18 heavy (non-hydrogen) atoms. The Morgan fingerprint density at radius 1 is 1.50 bits per heavy atom. The van der Waals surface area contributed by atoms with Gasteiger partial charge in [0.2, 0.25) is 0 Å². The van der Waals surface area contributed by atoms with Gasteiger partial charge in [-0.05, 0) is 45.4 Å². The van der Waals surface area contributed by atoms with Gasteiger partial charge in [-0.15, -0.1) is 0 Å². The van der Waals surface area contributed by atoms with E-state index in [1.165, 1.54) is 12.8 Å². The van der Waals surface area contributed by atoms with E-state index in [0.29, 0.717) is 11.8 Å². The van der Waals surface area contributed by atoms with Crippen LogP contribution in [0.15, 0.2) is 18.3 Å². The quantitative estimate of drug-likeness (QED) is 0.870. The van der Waals surface area contributed by atoms with Gasteiger partial charge in [0.1, 0.15) is 0 Å². The summed E-state index contributed by atoms with van der Waals surface area (Å²) in [6.45, 7) is 6.88. The Kier molecular flexibility index (Phi) is 4.81. The van der Waals surface area contributed by atoms with Gasteiger partial charge >= 0.3 is 0 Å². The second-order valence-electron chi connectivity index (χ2n) is 5.00. The molecule has 1 N–H and O–H groups in total. The fourth-order valence-electron chi connectivity index (χ4n) is 2.07. The molecule has 4 heteroatoms. The van der Waals surface area contributed by atoms with Crippen molar-refractivity contribution in [2.24, 2.45) is 5.92 Å². The average Bonchev–Trinajstić information content (AvgIpc) is 2.38. The topological polar surface area (TPSA) is 43.4 Å². The maximum Gasteiger partial charge on any atom is 0.257 e. The lowest BCUT2D eigenvalue weighted by Gasteiger charge is -2.23. The van der Waals surface area contributed by atoms with E-state index >= 15 is 0 Å². The van der Waals surface area contributed by atoms with Crippen LogP contribution in [0.4, 0.5) is 0 Å². The lowest BCUT2D eigenvalue weighted by atomic mass is 10.0. The van der Waals surface area contributed by atoms with Crippen LogP contribution in [-0.4, -0.2) is 30.8 Å². The first-order chi connectivity index (χ1) is 8.75. The van der Waals surface area contributed by atoms with Crippen molar-refractivity contribution < 1.29 is 9.47 Å². The van der Waals surface area contributed by atoms with Gasteiger partial charge in [-0.3, -0.25) is 0 Å². The Morgan fingerprint density at radius 2 is 2.39 bits per heavy atom. The third-order valence-electron chi connectivity index (χ3n) is 2.96. The van der Waals surface area contributed by atoms with Gasteiger partial charge in [0, 0.05) is 18.7 Å². The van der Waals surface area contributed by atoms with Crippen molar-refractivity contribution in [1.82, 2.24) is 10.3 Å². The van der Waals surface area contributed by atoms with Crippen molar-refractivity contribution in [3.8, 4) is 11.6 Å². The summed E-state index contributed by atoms with van der Waals surface area (Å²) >= 11 is 0. The summed E-state index contributed by atoms with van der Waals surface area (Å²) in [4.78, 5) is 4.22.